The van der Waals surface area contributed by atoms with Crippen molar-refractivity contribution in [2.75, 3.05) is 18.6 Å². The molecule has 1 amide bonds. The summed E-state index contributed by atoms with van der Waals surface area (Å²) in [5, 5.41) is 5.11. The molecule has 0 saturated heterocycles. The van der Waals surface area contributed by atoms with Gasteiger partial charge in [-0.25, -0.2) is 4.68 Å². The lowest BCUT2D eigenvalue weighted by molar-refractivity contribution is -0.124. The number of nitrogens with zero attached hydrogens (tertiary/aromatic N) is 4. The van der Waals surface area contributed by atoms with E-state index >= 15 is 0 Å². The Morgan fingerprint density at radius 3 is 2.67 bits per heavy atom. The second-order valence-corrected chi connectivity index (χ2v) is 9.28. The molecule has 2 heterocycles. The Labute approximate surface area is 178 Å². The molecule has 2 atom stereocenters. The fourth-order valence-corrected chi connectivity index (χ4v) is 6.29. The Bertz CT molecular complexity index is 931. The summed E-state index contributed by atoms with van der Waals surface area (Å²) in [5.41, 5.74) is 2.20. The lowest BCUT2D eigenvalue weighted by Crippen LogP contribution is -2.62. The SMILES string of the molecule is COCC(=O)N1c2nc(-c3ccccc3C)nn2C2(CCCCC2)[C@@H]2CCCC[C@@H]21. The number of carbonyl (C=O) groups is 1. The smallest absolute Gasteiger partial charge is 0.255 e. The predicted molar refractivity (Wildman–Crippen MR) is 116 cm³/mol. The van der Waals surface area contributed by atoms with Crippen molar-refractivity contribution in [1.82, 2.24) is 14.8 Å². The number of hydrogen-bond acceptors (Lipinski definition) is 4. The van der Waals surface area contributed by atoms with Gasteiger partial charge in [-0.05, 0) is 38.2 Å². The van der Waals surface area contributed by atoms with Gasteiger partial charge in [0.05, 0.1) is 5.54 Å². The number of aromatic nitrogens is 3. The maximum absolute atomic E-state index is 13.2. The summed E-state index contributed by atoms with van der Waals surface area (Å²) in [7, 11) is 1.59. The summed E-state index contributed by atoms with van der Waals surface area (Å²) in [6.45, 7) is 2.18. The van der Waals surface area contributed by atoms with Crippen LogP contribution >= 0.6 is 0 Å². The molecule has 2 aliphatic carbocycles. The van der Waals surface area contributed by atoms with Crippen molar-refractivity contribution in [2.45, 2.75) is 76.3 Å². The number of benzene rings is 1. The van der Waals surface area contributed by atoms with E-state index in [-0.39, 0.29) is 24.1 Å². The quantitative estimate of drug-likeness (QED) is 0.752. The van der Waals surface area contributed by atoms with Crippen LogP contribution < -0.4 is 4.90 Å². The van der Waals surface area contributed by atoms with Crippen LogP contribution in [0, 0.1) is 12.8 Å². The van der Waals surface area contributed by atoms with Gasteiger partial charge in [0.2, 0.25) is 5.95 Å². The molecule has 3 aliphatic rings. The number of carbonyl (C=O) groups excluding carboxylic acids is 1. The van der Waals surface area contributed by atoms with Gasteiger partial charge in [-0.3, -0.25) is 9.69 Å². The largest absolute Gasteiger partial charge is 0.375 e. The summed E-state index contributed by atoms with van der Waals surface area (Å²) < 4.78 is 7.43. The van der Waals surface area contributed by atoms with Crippen molar-refractivity contribution < 1.29 is 9.53 Å². The first kappa shape index (κ1) is 19.7. The zero-order valence-corrected chi connectivity index (χ0v) is 18.1. The molecule has 1 aromatic heterocycles. The van der Waals surface area contributed by atoms with Gasteiger partial charge in [-0.15, -0.1) is 5.10 Å². The van der Waals surface area contributed by atoms with E-state index in [0.29, 0.717) is 5.92 Å². The first-order chi connectivity index (χ1) is 14.7. The predicted octanol–water partition coefficient (Wildman–Crippen LogP) is 4.46. The van der Waals surface area contributed by atoms with Crippen LogP contribution in [-0.4, -0.2) is 40.4 Å². The Kier molecular flexibility index (Phi) is 5.13. The van der Waals surface area contributed by atoms with Gasteiger partial charge >= 0.3 is 0 Å². The summed E-state index contributed by atoms with van der Waals surface area (Å²) in [4.78, 5) is 20.2. The highest BCUT2D eigenvalue weighted by molar-refractivity contribution is 5.94. The Hall–Kier alpha value is -2.21. The van der Waals surface area contributed by atoms with Crippen LogP contribution in [-0.2, 0) is 15.1 Å². The van der Waals surface area contributed by atoms with E-state index in [1.807, 2.05) is 17.0 Å². The van der Waals surface area contributed by atoms with E-state index in [4.69, 9.17) is 14.8 Å². The van der Waals surface area contributed by atoms with Crippen LogP contribution in [0.25, 0.3) is 11.4 Å². The summed E-state index contributed by atoms with van der Waals surface area (Å²) >= 11 is 0. The highest BCUT2D eigenvalue weighted by atomic mass is 16.5. The van der Waals surface area contributed by atoms with Crippen molar-refractivity contribution >= 4 is 11.9 Å². The number of methoxy groups -OCH3 is 1. The Balaban J connectivity index is 1.70. The number of rotatable bonds is 3. The van der Waals surface area contributed by atoms with E-state index in [1.54, 1.807) is 7.11 Å². The number of fused-ring (bicyclic) bond motifs is 4. The number of hydrogen-bond donors (Lipinski definition) is 0. The average Bonchev–Trinajstić information content (AvgIpc) is 3.21. The van der Waals surface area contributed by atoms with Gasteiger partial charge < -0.3 is 4.74 Å². The zero-order valence-electron chi connectivity index (χ0n) is 18.1. The molecule has 30 heavy (non-hydrogen) atoms. The Morgan fingerprint density at radius 2 is 1.90 bits per heavy atom. The fourth-order valence-electron chi connectivity index (χ4n) is 6.29. The van der Waals surface area contributed by atoms with Gasteiger partial charge in [-0.2, -0.15) is 4.98 Å². The average molecular weight is 409 g/mol. The van der Waals surface area contributed by atoms with E-state index < -0.39 is 0 Å². The molecule has 0 unspecified atom stereocenters. The van der Waals surface area contributed by atoms with Crippen LogP contribution in [0.4, 0.5) is 5.95 Å². The molecule has 2 aromatic rings. The summed E-state index contributed by atoms with van der Waals surface area (Å²) in [6.07, 6.45) is 10.7. The molecule has 160 valence electrons. The number of ether oxygens (including phenoxy) is 1. The minimum absolute atomic E-state index is 0.00351. The fraction of sp³-hybridized carbons (Fsp3) is 0.625. The lowest BCUT2D eigenvalue weighted by atomic mass is 9.64. The molecule has 6 nitrogen and oxygen atoms in total. The van der Waals surface area contributed by atoms with Crippen LogP contribution in [0.2, 0.25) is 0 Å². The zero-order chi connectivity index (χ0) is 20.7. The monoisotopic (exact) mass is 408 g/mol. The second-order valence-electron chi connectivity index (χ2n) is 9.28. The second kappa shape index (κ2) is 7.80. The number of anilines is 1. The maximum Gasteiger partial charge on any atom is 0.255 e. The van der Waals surface area contributed by atoms with E-state index in [2.05, 4.69) is 23.7 Å². The molecule has 6 heteroatoms. The topological polar surface area (TPSA) is 60.2 Å². The standard InChI is InChI=1S/C24H32N4O2/c1-17-10-4-5-11-18(17)22-25-23-27(21(29)16-30-2)20-13-7-6-12-19(20)24(28(23)26-22)14-8-3-9-15-24/h4-5,10-11,19-20H,3,6-9,12-16H2,1-2H3/t19-,20+/m1/s1. The molecule has 1 aromatic carbocycles. The highest BCUT2D eigenvalue weighted by Gasteiger charge is 2.55. The van der Waals surface area contributed by atoms with Gasteiger partial charge in [0, 0.05) is 24.6 Å². The molecule has 0 radical (unpaired) electrons. The third kappa shape index (κ3) is 2.99. The third-order valence-corrected chi connectivity index (χ3v) is 7.62. The lowest BCUT2D eigenvalue weighted by Gasteiger charge is -2.55. The summed E-state index contributed by atoms with van der Waals surface area (Å²) in [5.74, 6) is 1.93. The van der Waals surface area contributed by atoms with Crippen molar-refractivity contribution in [3.63, 3.8) is 0 Å². The van der Waals surface area contributed by atoms with Gasteiger partial charge in [0.1, 0.15) is 6.61 Å². The van der Waals surface area contributed by atoms with Crippen LogP contribution in [0.15, 0.2) is 24.3 Å². The van der Waals surface area contributed by atoms with E-state index in [9.17, 15) is 4.79 Å². The van der Waals surface area contributed by atoms with Crippen LogP contribution in [0.1, 0.15) is 63.4 Å². The van der Waals surface area contributed by atoms with E-state index in [0.717, 1.165) is 42.2 Å². The molecular weight excluding hydrogens is 376 g/mol. The Morgan fingerprint density at radius 1 is 1.13 bits per heavy atom. The van der Waals surface area contributed by atoms with Crippen molar-refractivity contribution in [2.24, 2.45) is 5.92 Å². The normalized spacial score (nSPS) is 25.1. The minimum Gasteiger partial charge on any atom is -0.375 e. The van der Waals surface area contributed by atoms with Crippen molar-refractivity contribution in [1.29, 1.82) is 0 Å². The molecule has 5 rings (SSSR count). The van der Waals surface area contributed by atoms with Gasteiger partial charge in [-0.1, -0.05) is 56.4 Å². The molecule has 1 spiro atoms. The van der Waals surface area contributed by atoms with Crippen LogP contribution in [0.3, 0.4) is 0 Å². The molecular formula is C24H32N4O2. The molecule has 2 fully saturated rings. The third-order valence-electron chi connectivity index (χ3n) is 7.62. The first-order valence-electron chi connectivity index (χ1n) is 11.5. The molecule has 0 N–H and O–H groups in total. The van der Waals surface area contributed by atoms with Crippen molar-refractivity contribution in [3.05, 3.63) is 29.8 Å². The minimum atomic E-state index is -0.00351. The number of aryl methyl sites for hydroxylation is 1. The molecule has 1 aliphatic heterocycles. The number of amides is 1. The first-order valence-corrected chi connectivity index (χ1v) is 11.5. The van der Waals surface area contributed by atoms with Gasteiger partial charge in [0.25, 0.3) is 5.91 Å². The summed E-state index contributed by atoms with van der Waals surface area (Å²) in [6, 6.07) is 8.46. The van der Waals surface area contributed by atoms with Crippen LogP contribution in [0.5, 0.6) is 0 Å². The molecule has 0 bridgehead atoms. The van der Waals surface area contributed by atoms with Crippen molar-refractivity contribution in [3.8, 4) is 11.4 Å². The highest BCUT2D eigenvalue weighted by Crippen LogP contribution is 2.53. The molecule has 2 saturated carbocycles. The maximum atomic E-state index is 13.2. The van der Waals surface area contributed by atoms with E-state index in [1.165, 1.54) is 38.5 Å². The van der Waals surface area contributed by atoms with Gasteiger partial charge in [0.15, 0.2) is 5.82 Å².